The number of rotatable bonds is 5. The Morgan fingerprint density at radius 2 is 1.43 bits per heavy atom. The zero-order valence-corrected chi connectivity index (χ0v) is 25.4. The molecule has 0 atom stereocenters. The Hall–Kier alpha value is -4.54. The molecular formula is C28H30ClF6N5O6. The molecule has 0 radical (unpaired) electrons. The molecule has 252 valence electrons. The van der Waals surface area contributed by atoms with Crippen LogP contribution in [0.2, 0.25) is 5.02 Å². The summed E-state index contributed by atoms with van der Waals surface area (Å²) >= 11 is 6.00. The van der Waals surface area contributed by atoms with E-state index in [1.807, 2.05) is 41.3 Å². The fourth-order valence-corrected chi connectivity index (χ4v) is 3.73. The molecule has 1 aliphatic heterocycles. The molecule has 46 heavy (non-hydrogen) atoms. The van der Waals surface area contributed by atoms with Crippen LogP contribution in [0, 0.1) is 0 Å². The molecule has 1 saturated heterocycles. The molecule has 4 rings (SSSR count). The van der Waals surface area contributed by atoms with Gasteiger partial charge in [0, 0.05) is 48.5 Å². The van der Waals surface area contributed by atoms with E-state index in [0.29, 0.717) is 36.8 Å². The lowest BCUT2D eigenvalue weighted by molar-refractivity contribution is -0.193. The Morgan fingerprint density at radius 1 is 0.913 bits per heavy atom. The molecule has 1 aromatic carbocycles. The third-order valence-corrected chi connectivity index (χ3v) is 6.20. The van der Waals surface area contributed by atoms with Gasteiger partial charge in [-0.25, -0.2) is 19.6 Å². The first-order valence-electron chi connectivity index (χ1n) is 13.2. The molecule has 0 spiro atoms. The highest BCUT2D eigenvalue weighted by Crippen LogP contribution is 2.25. The standard InChI is InChI=1S/C24H28ClN5O2.2C2HF3O2/c1-24(2,3)23-27-16-20(21(28-23)26-15-19-5-4-14-32-19)22(31)30-12-10-29(11-13-30)18-8-6-17(25)7-9-18;2*3-2(4,5)1(6)7/h4-9,14,16H,10-13,15H2,1-3H3,(H,26,27,28);2*(H,6,7). The van der Waals surface area contributed by atoms with Crippen molar-refractivity contribution in [3.8, 4) is 0 Å². The van der Waals surface area contributed by atoms with Gasteiger partial charge in [0.25, 0.3) is 5.91 Å². The quantitative estimate of drug-likeness (QED) is 0.280. The predicted octanol–water partition coefficient (Wildman–Crippen LogP) is 5.86. The molecule has 1 aliphatic rings. The lowest BCUT2D eigenvalue weighted by Crippen LogP contribution is -2.49. The van der Waals surface area contributed by atoms with Crippen LogP contribution in [-0.2, 0) is 21.5 Å². The van der Waals surface area contributed by atoms with Crippen molar-refractivity contribution in [3.05, 3.63) is 71.0 Å². The molecule has 18 heteroatoms. The highest BCUT2D eigenvalue weighted by Gasteiger charge is 2.39. The molecule has 0 unspecified atom stereocenters. The number of hydrogen-bond donors (Lipinski definition) is 3. The average Bonchev–Trinajstić information content (AvgIpc) is 3.49. The van der Waals surface area contributed by atoms with E-state index in [-0.39, 0.29) is 11.3 Å². The number of carboxylic acid groups (broad SMARTS) is 2. The van der Waals surface area contributed by atoms with Crippen LogP contribution in [0.25, 0.3) is 0 Å². The van der Waals surface area contributed by atoms with Crippen molar-refractivity contribution in [1.29, 1.82) is 0 Å². The number of hydrogen-bond acceptors (Lipinski definition) is 8. The predicted molar refractivity (Wildman–Crippen MR) is 154 cm³/mol. The summed E-state index contributed by atoms with van der Waals surface area (Å²) in [7, 11) is 0. The van der Waals surface area contributed by atoms with Crippen molar-refractivity contribution in [2.24, 2.45) is 0 Å². The molecule has 11 nitrogen and oxygen atoms in total. The SMILES string of the molecule is CC(C)(C)c1ncc(C(=O)N2CCN(c3ccc(Cl)cc3)CC2)c(NCc2ccco2)n1.O=C(O)C(F)(F)F.O=C(O)C(F)(F)F. The molecule has 0 saturated carbocycles. The number of nitrogens with zero attached hydrogens (tertiary/aromatic N) is 4. The Morgan fingerprint density at radius 3 is 1.87 bits per heavy atom. The second-order valence-corrected chi connectivity index (χ2v) is 10.9. The number of benzene rings is 1. The van der Waals surface area contributed by atoms with E-state index in [0.717, 1.165) is 29.6 Å². The Kier molecular flexibility index (Phi) is 12.8. The summed E-state index contributed by atoms with van der Waals surface area (Å²) in [4.78, 5) is 44.5. The lowest BCUT2D eigenvalue weighted by Gasteiger charge is -2.36. The number of furan rings is 1. The number of anilines is 2. The number of aliphatic carboxylic acids is 2. The molecule has 0 bridgehead atoms. The van der Waals surface area contributed by atoms with Crippen LogP contribution < -0.4 is 10.2 Å². The monoisotopic (exact) mass is 681 g/mol. The van der Waals surface area contributed by atoms with Gasteiger partial charge in [-0.1, -0.05) is 32.4 Å². The first kappa shape index (κ1) is 37.6. The van der Waals surface area contributed by atoms with Crippen LogP contribution >= 0.6 is 11.6 Å². The largest absolute Gasteiger partial charge is 0.490 e. The minimum atomic E-state index is -5.08. The molecule has 1 fully saturated rings. The van der Waals surface area contributed by atoms with Gasteiger partial charge in [-0.3, -0.25) is 4.79 Å². The van der Waals surface area contributed by atoms with Crippen molar-refractivity contribution in [1.82, 2.24) is 14.9 Å². The molecule has 2 aromatic heterocycles. The minimum absolute atomic E-state index is 0.0665. The van der Waals surface area contributed by atoms with E-state index in [1.54, 1.807) is 12.5 Å². The smallest absolute Gasteiger partial charge is 0.475 e. The van der Waals surface area contributed by atoms with E-state index in [9.17, 15) is 31.1 Å². The van der Waals surface area contributed by atoms with Gasteiger partial charge in [-0.15, -0.1) is 0 Å². The van der Waals surface area contributed by atoms with E-state index >= 15 is 0 Å². The van der Waals surface area contributed by atoms with Crippen LogP contribution in [0.3, 0.4) is 0 Å². The van der Waals surface area contributed by atoms with Gasteiger partial charge < -0.3 is 29.7 Å². The summed E-state index contributed by atoms with van der Waals surface area (Å²) < 4.78 is 68.9. The highest BCUT2D eigenvalue weighted by atomic mass is 35.5. The van der Waals surface area contributed by atoms with Crippen molar-refractivity contribution in [2.45, 2.75) is 45.1 Å². The Bertz CT molecular complexity index is 1430. The number of carbonyl (C=O) groups is 3. The van der Waals surface area contributed by atoms with Crippen LogP contribution in [0.5, 0.6) is 0 Å². The second kappa shape index (κ2) is 15.6. The second-order valence-electron chi connectivity index (χ2n) is 10.5. The van der Waals surface area contributed by atoms with Crippen LogP contribution in [0.15, 0.2) is 53.3 Å². The van der Waals surface area contributed by atoms with E-state index < -0.39 is 24.3 Å². The van der Waals surface area contributed by atoms with Gasteiger partial charge in [0.15, 0.2) is 0 Å². The van der Waals surface area contributed by atoms with Crippen LogP contribution in [0.4, 0.5) is 37.8 Å². The number of carboxylic acids is 2. The summed E-state index contributed by atoms with van der Waals surface area (Å²) in [5, 5.41) is 18.2. The van der Waals surface area contributed by atoms with Crippen LogP contribution in [-0.4, -0.2) is 81.5 Å². The molecule has 1 amide bonds. The van der Waals surface area contributed by atoms with Gasteiger partial charge in [0.2, 0.25) is 0 Å². The molecule has 3 aromatic rings. The number of piperazine rings is 1. The minimum Gasteiger partial charge on any atom is -0.475 e. The maximum absolute atomic E-state index is 13.4. The fraction of sp³-hybridized carbons (Fsp3) is 0.393. The first-order valence-corrected chi connectivity index (χ1v) is 13.6. The third-order valence-electron chi connectivity index (χ3n) is 5.94. The summed E-state index contributed by atoms with van der Waals surface area (Å²) in [5.74, 6) is -3.59. The zero-order valence-electron chi connectivity index (χ0n) is 24.6. The van der Waals surface area contributed by atoms with Crippen LogP contribution in [0.1, 0.15) is 42.7 Å². The summed E-state index contributed by atoms with van der Waals surface area (Å²) in [6.07, 6.45) is -6.89. The van der Waals surface area contributed by atoms with Gasteiger partial charge >= 0.3 is 24.3 Å². The van der Waals surface area contributed by atoms with Crippen molar-refractivity contribution >= 4 is 41.0 Å². The van der Waals surface area contributed by atoms with Gasteiger partial charge in [-0.05, 0) is 36.4 Å². The molecule has 3 heterocycles. The Labute approximate surface area is 263 Å². The molecule has 0 aliphatic carbocycles. The molecular weight excluding hydrogens is 652 g/mol. The van der Waals surface area contributed by atoms with Crippen molar-refractivity contribution in [2.75, 3.05) is 36.4 Å². The van der Waals surface area contributed by atoms with Gasteiger partial charge in [0.05, 0.1) is 12.8 Å². The lowest BCUT2D eigenvalue weighted by atomic mass is 9.95. The maximum atomic E-state index is 13.4. The fourth-order valence-electron chi connectivity index (χ4n) is 3.61. The summed E-state index contributed by atoms with van der Waals surface area (Å²) in [5.41, 5.74) is 1.36. The van der Waals surface area contributed by atoms with Gasteiger partial charge in [0.1, 0.15) is 23.0 Å². The van der Waals surface area contributed by atoms with Crippen molar-refractivity contribution < 1.29 is 55.4 Å². The third kappa shape index (κ3) is 11.8. The highest BCUT2D eigenvalue weighted by molar-refractivity contribution is 6.30. The van der Waals surface area contributed by atoms with E-state index in [4.69, 9.17) is 40.8 Å². The number of aromatic nitrogens is 2. The van der Waals surface area contributed by atoms with Gasteiger partial charge in [-0.2, -0.15) is 26.3 Å². The van der Waals surface area contributed by atoms with E-state index in [2.05, 4.69) is 36.0 Å². The van der Waals surface area contributed by atoms with E-state index in [1.165, 1.54) is 0 Å². The number of amides is 1. The topological polar surface area (TPSA) is 149 Å². The first-order chi connectivity index (χ1) is 21.2. The number of nitrogens with one attached hydrogen (secondary N) is 1. The Balaban J connectivity index is 0.000000440. The number of alkyl halides is 6. The number of carbonyl (C=O) groups excluding carboxylic acids is 1. The molecule has 3 N–H and O–H groups in total. The van der Waals surface area contributed by atoms with Crippen molar-refractivity contribution in [3.63, 3.8) is 0 Å². The average molecular weight is 682 g/mol. The number of halogens is 7. The summed E-state index contributed by atoms with van der Waals surface area (Å²) in [6, 6.07) is 11.5. The normalized spacial score (nSPS) is 13.5. The zero-order chi connectivity index (χ0) is 34.9. The maximum Gasteiger partial charge on any atom is 0.490 e. The summed E-state index contributed by atoms with van der Waals surface area (Å²) in [6.45, 7) is 9.35.